The summed E-state index contributed by atoms with van der Waals surface area (Å²) in [6.07, 6.45) is 0.0326. The molecular formula is C15H15FN2O2. The van der Waals surface area contributed by atoms with Crippen LogP contribution in [-0.2, 0) is 11.2 Å². The van der Waals surface area contributed by atoms with Crippen LogP contribution in [0.4, 0.5) is 4.39 Å². The smallest absolute Gasteiger partial charge is 0.314 e. The van der Waals surface area contributed by atoms with Gasteiger partial charge in [0.05, 0.1) is 0 Å². The number of carboxylic acid groups (broad SMARTS) is 1. The van der Waals surface area contributed by atoms with Crippen LogP contribution in [0.1, 0.15) is 28.7 Å². The second-order valence-electron chi connectivity index (χ2n) is 4.70. The van der Waals surface area contributed by atoms with Crippen molar-refractivity contribution >= 4 is 5.97 Å². The number of carbonyl (C=O) groups is 1. The van der Waals surface area contributed by atoms with E-state index >= 15 is 0 Å². The van der Waals surface area contributed by atoms with Crippen LogP contribution in [0.2, 0.25) is 0 Å². The van der Waals surface area contributed by atoms with Gasteiger partial charge in [-0.3, -0.25) is 4.79 Å². The lowest BCUT2D eigenvalue weighted by Crippen LogP contribution is -2.19. The van der Waals surface area contributed by atoms with Gasteiger partial charge in [-0.1, -0.05) is 18.2 Å². The number of carboxylic acids is 1. The monoisotopic (exact) mass is 274 g/mol. The molecular weight excluding hydrogens is 259 g/mol. The molecule has 1 aromatic carbocycles. The largest absolute Gasteiger partial charge is 0.481 e. The fraction of sp³-hybridized carbons (Fsp3) is 0.267. The molecule has 20 heavy (non-hydrogen) atoms. The van der Waals surface area contributed by atoms with Gasteiger partial charge in [0.1, 0.15) is 17.6 Å². The normalized spacial score (nSPS) is 12.2. The van der Waals surface area contributed by atoms with Crippen molar-refractivity contribution in [2.75, 3.05) is 0 Å². The van der Waals surface area contributed by atoms with Crippen molar-refractivity contribution in [2.45, 2.75) is 26.2 Å². The van der Waals surface area contributed by atoms with E-state index in [0.717, 1.165) is 0 Å². The summed E-state index contributed by atoms with van der Waals surface area (Å²) < 4.78 is 13.7. The van der Waals surface area contributed by atoms with Gasteiger partial charge in [0.25, 0.3) is 0 Å². The first kappa shape index (κ1) is 14.1. The molecule has 0 saturated heterocycles. The van der Waals surface area contributed by atoms with E-state index in [2.05, 4.69) is 9.97 Å². The lowest BCUT2D eigenvalue weighted by Gasteiger charge is -2.13. The van der Waals surface area contributed by atoms with Crippen molar-refractivity contribution in [2.24, 2.45) is 0 Å². The zero-order chi connectivity index (χ0) is 14.7. The molecule has 0 radical (unpaired) electrons. The van der Waals surface area contributed by atoms with E-state index in [-0.39, 0.29) is 12.2 Å². The van der Waals surface area contributed by atoms with Gasteiger partial charge in [-0.2, -0.15) is 0 Å². The SMILES string of the molecule is Cc1cc(C)nc(C(Cc2ccccc2F)C(=O)O)n1. The molecule has 1 atom stereocenters. The highest BCUT2D eigenvalue weighted by atomic mass is 19.1. The standard InChI is InChI=1S/C15H15FN2O2/c1-9-7-10(2)18-14(17-9)12(15(19)20)8-11-5-3-4-6-13(11)16/h3-7,12H,8H2,1-2H3,(H,19,20). The van der Waals surface area contributed by atoms with Crippen molar-refractivity contribution in [3.05, 3.63) is 58.9 Å². The van der Waals surface area contributed by atoms with Gasteiger partial charge in [0.2, 0.25) is 0 Å². The van der Waals surface area contributed by atoms with E-state index in [4.69, 9.17) is 0 Å². The molecule has 1 heterocycles. The van der Waals surface area contributed by atoms with Crippen molar-refractivity contribution < 1.29 is 14.3 Å². The molecule has 0 bridgehead atoms. The first-order valence-electron chi connectivity index (χ1n) is 6.25. The van der Waals surface area contributed by atoms with Crippen molar-refractivity contribution in [1.82, 2.24) is 9.97 Å². The molecule has 1 unspecified atom stereocenters. The number of aromatic nitrogens is 2. The van der Waals surface area contributed by atoms with Crippen LogP contribution in [-0.4, -0.2) is 21.0 Å². The number of aryl methyl sites for hydroxylation is 2. The van der Waals surface area contributed by atoms with Gasteiger partial charge in [-0.25, -0.2) is 14.4 Å². The minimum atomic E-state index is -1.06. The van der Waals surface area contributed by atoms with Gasteiger partial charge in [-0.05, 0) is 38.0 Å². The second-order valence-corrected chi connectivity index (χ2v) is 4.70. The molecule has 2 rings (SSSR count). The Balaban J connectivity index is 2.37. The average Bonchev–Trinajstić information content (AvgIpc) is 2.36. The Morgan fingerprint density at radius 3 is 2.40 bits per heavy atom. The zero-order valence-corrected chi connectivity index (χ0v) is 11.3. The minimum absolute atomic E-state index is 0.0326. The quantitative estimate of drug-likeness (QED) is 0.931. The summed E-state index contributed by atoms with van der Waals surface area (Å²) in [6, 6.07) is 7.91. The van der Waals surface area contributed by atoms with Crippen LogP contribution in [0.5, 0.6) is 0 Å². The summed E-state index contributed by atoms with van der Waals surface area (Å²) >= 11 is 0. The maximum Gasteiger partial charge on any atom is 0.314 e. The molecule has 0 aliphatic carbocycles. The molecule has 0 spiro atoms. The van der Waals surface area contributed by atoms with Crippen LogP contribution in [0.25, 0.3) is 0 Å². The summed E-state index contributed by atoms with van der Waals surface area (Å²) in [7, 11) is 0. The summed E-state index contributed by atoms with van der Waals surface area (Å²) in [5.41, 5.74) is 1.75. The lowest BCUT2D eigenvalue weighted by molar-refractivity contribution is -0.139. The summed E-state index contributed by atoms with van der Waals surface area (Å²) in [5.74, 6) is -2.20. The van der Waals surface area contributed by atoms with E-state index in [1.165, 1.54) is 6.07 Å². The molecule has 104 valence electrons. The Kier molecular flexibility index (Phi) is 4.08. The number of rotatable bonds is 4. The van der Waals surface area contributed by atoms with E-state index in [0.29, 0.717) is 17.0 Å². The third-order valence-corrected chi connectivity index (χ3v) is 2.99. The van der Waals surface area contributed by atoms with Gasteiger partial charge >= 0.3 is 5.97 Å². The highest BCUT2D eigenvalue weighted by molar-refractivity contribution is 5.75. The number of nitrogens with zero attached hydrogens (tertiary/aromatic N) is 2. The van der Waals surface area contributed by atoms with Crippen LogP contribution in [0, 0.1) is 19.7 Å². The molecule has 0 amide bonds. The maximum atomic E-state index is 13.7. The molecule has 5 heteroatoms. The Morgan fingerprint density at radius 1 is 1.25 bits per heavy atom. The van der Waals surface area contributed by atoms with E-state index in [1.807, 2.05) is 0 Å². The van der Waals surface area contributed by atoms with Gasteiger partial charge in [0.15, 0.2) is 0 Å². The van der Waals surface area contributed by atoms with Crippen LogP contribution in [0.3, 0.4) is 0 Å². The zero-order valence-electron chi connectivity index (χ0n) is 11.3. The fourth-order valence-electron chi connectivity index (χ4n) is 2.08. The molecule has 0 saturated carbocycles. The Hall–Kier alpha value is -2.30. The maximum absolute atomic E-state index is 13.7. The third kappa shape index (κ3) is 3.17. The number of halogens is 1. The Morgan fingerprint density at radius 2 is 1.85 bits per heavy atom. The molecule has 0 aliphatic heterocycles. The summed E-state index contributed by atoms with van der Waals surface area (Å²) in [4.78, 5) is 19.8. The van der Waals surface area contributed by atoms with Crippen molar-refractivity contribution in [3.63, 3.8) is 0 Å². The number of benzene rings is 1. The first-order valence-corrected chi connectivity index (χ1v) is 6.25. The molecule has 0 aliphatic rings. The van der Waals surface area contributed by atoms with E-state index in [1.54, 1.807) is 38.1 Å². The average molecular weight is 274 g/mol. The highest BCUT2D eigenvalue weighted by Crippen LogP contribution is 2.20. The minimum Gasteiger partial charge on any atom is -0.481 e. The molecule has 2 aromatic rings. The molecule has 1 aromatic heterocycles. The number of hydrogen-bond acceptors (Lipinski definition) is 3. The topological polar surface area (TPSA) is 63.1 Å². The van der Waals surface area contributed by atoms with Crippen molar-refractivity contribution in [1.29, 1.82) is 0 Å². The fourth-order valence-corrected chi connectivity index (χ4v) is 2.08. The molecule has 1 N–H and O–H groups in total. The third-order valence-electron chi connectivity index (χ3n) is 2.99. The summed E-state index contributed by atoms with van der Waals surface area (Å²) in [5, 5.41) is 9.36. The number of aliphatic carboxylic acids is 1. The summed E-state index contributed by atoms with van der Waals surface area (Å²) in [6.45, 7) is 3.56. The second kappa shape index (κ2) is 5.77. The van der Waals surface area contributed by atoms with Crippen molar-refractivity contribution in [3.8, 4) is 0 Å². The van der Waals surface area contributed by atoms with E-state index < -0.39 is 17.7 Å². The highest BCUT2D eigenvalue weighted by Gasteiger charge is 2.25. The van der Waals surface area contributed by atoms with E-state index in [9.17, 15) is 14.3 Å². The predicted molar refractivity (Wildman–Crippen MR) is 72.0 cm³/mol. The Bertz CT molecular complexity index is 623. The van der Waals surface area contributed by atoms with Crippen LogP contribution >= 0.6 is 0 Å². The van der Waals surface area contributed by atoms with Gasteiger partial charge in [-0.15, -0.1) is 0 Å². The molecule has 4 nitrogen and oxygen atoms in total. The predicted octanol–water partition coefficient (Wildman–Crippen LogP) is 2.64. The first-order chi connectivity index (χ1) is 9.47. The van der Waals surface area contributed by atoms with Crippen LogP contribution in [0.15, 0.2) is 30.3 Å². The van der Waals surface area contributed by atoms with Crippen LogP contribution < -0.4 is 0 Å². The lowest BCUT2D eigenvalue weighted by atomic mass is 9.98. The Labute approximate surface area is 116 Å². The number of hydrogen-bond donors (Lipinski definition) is 1. The van der Waals surface area contributed by atoms with Gasteiger partial charge in [0, 0.05) is 11.4 Å². The van der Waals surface area contributed by atoms with Gasteiger partial charge < -0.3 is 5.11 Å². The molecule has 0 fully saturated rings.